The fourth-order valence-corrected chi connectivity index (χ4v) is 3.55. The number of carbonyl (C=O) groups excluding carboxylic acids is 1. The Balaban J connectivity index is 2.07. The van der Waals surface area contributed by atoms with E-state index < -0.39 is 11.7 Å². The molecule has 32 heavy (non-hydrogen) atoms. The highest BCUT2D eigenvalue weighted by Gasteiger charge is 2.25. The van der Waals surface area contributed by atoms with Crippen LogP contribution in [-0.2, 0) is 12.8 Å². The summed E-state index contributed by atoms with van der Waals surface area (Å²) >= 11 is 0. The maximum absolute atomic E-state index is 13.2. The van der Waals surface area contributed by atoms with Crippen LogP contribution in [0.1, 0.15) is 45.7 Å². The number of methoxy groups -OCH3 is 1. The molecule has 0 saturated carbocycles. The molecular weight excluding hydrogens is 406 g/mol. The number of aromatic nitrogens is 1. The number of pyridine rings is 1. The van der Waals surface area contributed by atoms with Crippen molar-refractivity contribution < 1.29 is 24.5 Å². The number of carboxylic acid groups (broad SMARTS) is 1. The van der Waals surface area contributed by atoms with E-state index in [0.717, 1.165) is 16.7 Å². The summed E-state index contributed by atoms with van der Waals surface area (Å²) in [6.45, 7) is 3.86. The summed E-state index contributed by atoms with van der Waals surface area (Å²) in [6, 6.07) is 12.1. The third-order valence-electron chi connectivity index (χ3n) is 5.15. The number of carbonyl (C=O) groups is 2. The number of ketones is 1. The van der Waals surface area contributed by atoms with Gasteiger partial charge in [0.25, 0.3) is 0 Å². The highest BCUT2D eigenvalue weighted by Crippen LogP contribution is 2.35. The number of hydrogen-bond donors (Lipinski definition) is 2. The summed E-state index contributed by atoms with van der Waals surface area (Å²) in [4.78, 5) is 29.3. The molecule has 3 rings (SSSR count). The van der Waals surface area contributed by atoms with Gasteiger partial charge < -0.3 is 14.9 Å². The van der Waals surface area contributed by atoms with Crippen molar-refractivity contribution in [3.05, 3.63) is 88.8 Å². The summed E-state index contributed by atoms with van der Waals surface area (Å²) in [5, 5.41) is 20.1. The lowest BCUT2D eigenvalue weighted by Gasteiger charge is -2.17. The third-order valence-corrected chi connectivity index (χ3v) is 5.15. The van der Waals surface area contributed by atoms with Crippen LogP contribution in [0.5, 0.6) is 11.5 Å². The van der Waals surface area contributed by atoms with Crippen molar-refractivity contribution in [3.8, 4) is 22.6 Å². The van der Waals surface area contributed by atoms with E-state index in [2.05, 4.69) is 4.98 Å². The summed E-state index contributed by atoms with van der Waals surface area (Å²) in [7, 11) is 1.45. The average Bonchev–Trinajstić information content (AvgIpc) is 2.78. The quantitative estimate of drug-likeness (QED) is 0.381. The number of phenols is 1. The number of aromatic hydroxyl groups is 1. The van der Waals surface area contributed by atoms with E-state index in [1.54, 1.807) is 30.6 Å². The lowest BCUT2D eigenvalue weighted by Crippen LogP contribution is -2.13. The first-order valence-electron chi connectivity index (χ1n) is 10.1. The first kappa shape index (κ1) is 22.7. The number of carboxylic acids is 1. The molecule has 0 aliphatic heterocycles. The molecule has 0 fully saturated rings. The molecule has 0 spiro atoms. The van der Waals surface area contributed by atoms with E-state index >= 15 is 0 Å². The molecule has 6 heteroatoms. The van der Waals surface area contributed by atoms with Gasteiger partial charge in [-0.25, -0.2) is 4.79 Å². The summed E-state index contributed by atoms with van der Waals surface area (Å²) in [6.07, 6.45) is 5.51. The highest BCUT2D eigenvalue weighted by atomic mass is 16.5. The van der Waals surface area contributed by atoms with Gasteiger partial charge in [-0.05, 0) is 43.5 Å². The average molecular weight is 431 g/mol. The Hall–Kier alpha value is -3.93. The monoisotopic (exact) mass is 431 g/mol. The first-order valence-corrected chi connectivity index (χ1v) is 10.1. The second kappa shape index (κ2) is 9.92. The molecule has 0 aliphatic carbocycles. The summed E-state index contributed by atoms with van der Waals surface area (Å²) < 4.78 is 5.40. The van der Waals surface area contributed by atoms with Gasteiger partial charge in [-0.15, -0.1) is 0 Å². The van der Waals surface area contributed by atoms with Crippen LogP contribution in [0.4, 0.5) is 0 Å². The fraction of sp³-hybridized carbons (Fsp3) is 0.192. The molecule has 2 aromatic carbocycles. The van der Waals surface area contributed by atoms with E-state index in [1.807, 2.05) is 38.1 Å². The minimum Gasteiger partial charge on any atom is -0.507 e. The molecule has 3 aromatic rings. The number of nitrogens with zero attached hydrogens (tertiary/aromatic N) is 1. The van der Waals surface area contributed by atoms with Gasteiger partial charge in [0.2, 0.25) is 0 Å². The maximum Gasteiger partial charge on any atom is 0.339 e. The number of aromatic carboxylic acids is 1. The minimum absolute atomic E-state index is 0.186. The summed E-state index contributed by atoms with van der Waals surface area (Å²) in [5.41, 5.74) is 3.73. The second-order valence-corrected chi connectivity index (χ2v) is 7.64. The number of hydrogen-bond acceptors (Lipinski definition) is 5. The topological polar surface area (TPSA) is 96.7 Å². The number of ether oxygens (including phenoxy) is 1. The molecule has 0 aliphatic rings. The van der Waals surface area contributed by atoms with Crippen molar-refractivity contribution in [1.29, 1.82) is 0 Å². The van der Waals surface area contributed by atoms with Crippen molar-refractivity contribution in [3.63, 3.8) is 0 Å². The van der Waals surface area contributed by atoms with Gasteiger partial charge >= 0.3 is 5.97 Å². The zero-order valence-electron chi connectivity index (χ0n) is 18.3. The highest BCUT2D eigenvalue weighted by molar-refractivity contribution is 6.02. The first-order chi connectivity index (χ1) is 15.3. The summed E-state index contributed by atoms with van der Waals surface area (Å²) in [5.74, 6) is -1.64. The molecule has 0 radical (unpaired) electrons. The van der Waals surface area contributed by atoms with Crippen molar-refractivity contribution in [2.45, 2.75) is 26.7 Å². The molecule has 0 bridgehead atoms. The van der Waals surface area contributed by atoms with E-state index in [1.165, 1.54) is 13.2 Å². The van der Waals surface area contributed by atoms with E-state index in [9.17, 15) is 19.8 Å². The van der Waals surface area contributed by atoms with E-state index in [4.69, 9.17) is 4.74 Å². The SMILES string of the molecule is COc1cc(O)c(C(=O)O)c(CC(=O)c2cccc(-c3cccnc3)c2)c1CC=C(C)C. The van der Waals surface area contributed by atoms with Gasteiger partial charge in [0, 0.05) is 41.6 Å². The van der Waals surface area contributed by atoms with E-state index in [-0.39, 0.29) is 23.3 Å². The Bertz CT molecular complexity index is 1180. The van der Waals surface area contributed by atoms with Crippen molar-refractivity contribution in [2.24, 2.45) is 0 Å². The van der Waals surface area contributed by atoms with Gasteiger partial charge in [-0.2, -0.15) is 0 Å². The maximum atomic E-state index is 13.2. The van der Waals surface area contributed by atoms with Crippen LogP contribution in [0.25, 0.3) is 11.1 Å². The van der Waals surface area contributed by atoms with Gasteiger partial charge in [0.05, 0.1) is 7.11 Å². The molecule has 0 atom stereocenters. The smallest absolute Gasteiger partial charge is 0.339 e. The Labute approximate surface area is 186 Å². The molecule has 0 saturated heterocycles. The van der Waals surface area contributed by atoms with Gasteiger partial charge in [-0.3, -0.25) is 9.78 Å². The zero-order chi connectivity index (χ0) is 23.3. The Morgan fingerprint density at radius 3 is 2.44 bits per heavy atom. The van der Waals surface area contributed by atoms with Crippen LogP contribution in [0, 0.1) is 0 Å². The van der Waals surface area contributed by atoms with E-state index in [0.29, 0.717) is 23.3 Å². The van der Waals surface area contributed by atoms with Crippen LogP contribution in [0.2, 0.25) is 0 Å². The van der Waals surface area contributed by atoms with Crippen LogP contribution in [-0.4, -0.2) is 34.1 Å². The normalized spacial score (nSPS) is 10.5. The Morgan fingerprint density at radius 1 is 1.06 bits per heavy atom. The zero-order valence-corrected chi connectivity index (χ0v) is 18.3. The molecular formula is C26H25NO5. The minimum atomic E-state index is -1.30. The van der Waals surface area contributed by atoms with Crippen LogP contribution in [0.3, 0.4) is 0 Å². The fourth-order valence-electron chi connectivity index (χ4n) is 3.55. The Morgan fingerprint density at radius 2 is 1.81 bits per heavy atom. The number of rotatable bonds is 8. The largest absolute Gasteiger partial charge is 0.507 e. The molecule has 164 valence electrons. The van der Waals surface area contributed by atoms with Crippen molar-refractivity contribution in [1.82, 2.24) is 4.98 Å². The van der Waals surface area contributed by atoms with Crippen LogP contribution in [0.15, 0.2) is 66.5 Å². The number of allylic oxidation sites excluding steroid dienone is 2. The molecule has 1 aromatic heterocycles. The van der Waals surface area contributed by atoms with Crippen molar-refractivity contribution >= 4 is 11.8 Å². The predicted octanol–water partition coefficient (Wildman–Crippen LogP) is 5.10. The lowest BCUT2D eigenvalue weighted by molar-refractivity contribution is 0.0692. The molecule has 1 heterocycles. The Kier molecular flexibility index (Phi) is 7.05. The number of benzene rings is 2. The predicted molar refractivity (Wildman–Crippen MR) is 122 cm³/mol. The van der Waals surface area contributed by atoms with Crippen molar-refractivity contribution in [2.75, 3.05) is 7.11 Å². The van der Waals surface area contributed by atoms with Crippen LogP contribution >= 0.6 is 0 Å². The van der Waals surface area contributed by atoms with Gasteiger partial charge in [-0.1, -0.05) is 35.9 Å². The molecule has 2 N–H and O–H groups in total. The second-order valence-electron chi connectivity index (χ2n) is 7.64. The molecule has 0 unspecified atom stereocenters. The van der Waals surface area contributed by atoms with Gasteiger partial charge in [0.1, 0.15) is 17.1 Å². The lowest BCUT2D eigenvalue weighted by atomic mass is 9.90. The molecule has 0 amide bonds. The van der Waals surface area contributed by atoms with Gasteiger partial charge in [0.15, 0.2) is 5.78 Å². The standard InChI is InChI=1S/C26H25NO5/c1-16(2)9-10-20-21(25(26(30)31)23(29)14-24(20)32-3)13-22(28)18-7-4-6-17(12-18)19-8-5-11-27-15-19/h4-9,11-12,14-15,29H,10,13H2,1-3H3,(H,30,31). The third kappa shape index (κ3) is 5.03. The molecule has 6 nitrogen and oxygen atoms in total. The van der Waals surface area contributed by atoms with Crippen LogP contribution < -0.4 is 4.74 Å². The number of Topliss-reactive ketones (excluding diaryl/α,β-unsaturated/α-hetero) is 1.